The van der Waals surface area contributed by atoms with Crippen LogP contribution in [0.5, 0.6) is 0 Å². The van der Waals surface area contributed by atoms with E-state index in [4.69, 9.17) is 14.5 Å². The van der Waals surface area contributed by atoms with Crippen molar-refractivity contribution < 1.29 is 18.7 Å². The molecule has 4 atom stereocenters. The molecular weight excluding hydrogens is 537 g/mol. The minimum atomic E-state index is -1.27. The van der Waals surface area contributed by atoms with Crippen LogP contribution in [0.3, 0.4) is 0 Å². The molecule has 0 saturated carbocycles. The molecule has 1 aliphatic carbocycles. The topological polar surface area (TPSA) is 102 Å². The third kappa shape index (κ3) is 6.85. The summed E-state index contributed by atoms with van der Waals surface area (Å²) in [6, 6.07) is 6.63. The Morgan fingerprint density at radius 2 is 2.10 bits per heavy atom. The van der Waals surface area contributed by atoms with Crippen LogP contribution in [-0.2, 0) is 16.2 Å². The normalized spacial score (nSPS) is 25.0. The number of hydrogen-bond acceptors (Lipinski definition) is 6. The summed E-state index contributed by atoms with van der Waals surface area (Å²) < 4.78 is 28.5. The number of carbonyl (C=O) groups excluding carboxylic acids is 1. The molecule has 0 spiro atoms. The van der Waals surface area contributed by atoms with Gasteiger partial charge < -0.3 is 19.4 Å². The highest BCUT2D eigenvalue weighted by molar-refractivity contribution is 6.76. The number of allylic oxidation sites excluding steroid dienone is 2. The van der Waals surface area contributed by atoms with Crippen molar-refractivity contribution >= 4 is 25.2 Å². The van der Waals surface area contributed by atoms with Gasteiger partial charge in [-0.3, -0.25) is 9.78 Å². The first kappa shape index (κ1) is 29.4. The van der Waals surface area contributed by atoms with Crippen LogP contribution in [0.2, 0.25) is 25.7 Å². The second-order valence-corrected chi connectivity index (χ2v) is 19.0. The summed E-state index contributed by atoms with van der Waals surface area (Å²) in [6.45, 7) is 12.0. The number of alkyl halides is 1. The van der Waals surface area contributed by atoms with E-state index in [0.717, 1.165) is 30.9 Å². The highest BCUT2D eigenvalue weighted by Crippen LogP contribution is 2.42. The van der Waals surface area contributed by atoms with E-state index in [1.165, 1.54) is 6.20 Å². The van der Waals surface area contributed by atoms with Crippen molar-refractivity contribution in [2.75, 3.05) is 11.9 Å². The molecule has 1 N–H and O–H groups in total. The second-order valence-electron chi connectivity index (χ2n) is 13.4. The van der Waals surface area contributed by atoms with E-state index in [1.807, 2.05) is 24.3 Å². The average molecular weight is 578 g/mol. The predicted molar refractivity (Wildman–Crippen MR) is 159 cm³/mol. The smallest absolute Gasteiger partial charge is 0.291 e. The molecule has 2 aliphatic heterocycles. The Bertz CT molecular complexity index is 1400. The SMILES string of the molecule is CC1(C)CC=C(c2nc(C3CC4C=CC(O4)C3F)ccc2NC(=O)c2nc(C#N)cn2COCC[Si](C)(C)C)CC1. The van der Waals surface area contributed by atoms with Crippen LogP contribution >= 0.6 is 0 Å². The van der Waals surface area contributed by atoms with Crippen molar-refractivity contribution in [3.8, 4) is 6.07 Å². The fourth-order valence-electron chi connectivity index (χ4n) is 5.52. The molecule has 1 fully saturated rings. The van der Waals surface area contributed by atoms with Gasteiger partial charge in [-0.15, -0.1) is 0 Å². The molecule has 41 heavy (non-hydrogen) atoms. The molecule has 2 aromatic rings. The number of hydrogen-bond donors (Lipinski definition) is 1. The van der Waals surface area contributed by atoms with E-state index in [0.29, 0.717) is 30.1 Å². The maximum Gasteiger partial charge on any atom is 0.291 e. The van der Waals surface area contributed by atoms with Gasteiger partial charge in [0.2, 0.25) is 5.82 Å². The van der Waals surface area contributed by atoms with Gasteiger partial charge in [-0.25, -0.2) is 9.37 Å². The average Bonchev–Trinajstić information content (AvgIpc) is 3.53. The number of ether oxygens (including phenoxy) is 2. The number of nitrogens with zero attached hydrogens (tertiary/aromatic N) is 4. The van der Waals surface area contributed by atoms with Crippen LogP contribution in [0.25, 0.3) is 5.57 Å². The van der Waals surface area contributed by atoms with E-state index in [-0.39, 0.29) is 35.7 Å². The number of carbonyl (C=O) groups is 1. The number of anilines is 1. The van der Waals surface area contributed by atoms with Crippen molar-refractivity contribution in [3.63, 3.8) is 0 Å². The summed E-state index contributed by atoms with van der Waals surface area (Å²) >= 11 is 0. The first-order chi connectivity index (χ1) is 19.4. The Kier molecular flexibility index (Phi) is 8.33. The van der Waals surface area contributed by atoms with Crippen molar-refractivity contribution in [3.05, 3.63) is 59.5 Å². The molecule has 4 unspecified atom stereocenters. The molecule has 3 aliphatic rings. The molecule has 0 radical (unpaired) electrons. The molecule has 1 saturated heterocycles. The minimum Gasteiger partial charge on any atom is -0.364 e. The number of imidazole rings is 1. The number of fused-ring (bicyclic) bond motifs is 2. The fraction of sp³-hybridized carbons (Fsp3) is 0.548. The summed E-state index contributed by atoms with van der Waals surface area (Å²) in [5.74, 6) is -0.743. The molecule has 5 rings (SSSR count). The van der Waals surface area contributed by atoms with Crippen LogP contribution in [0, 0.1) is 16.7 Å². The third-order valence-electron chi connectivity index (χ3n) is 8.17. The Morgan fingerprint density at radius 1 is 1.29 bits per heavy atom. The summed E-state index contributed by atoms with van der Waals surface area (Å²) in [5.41, 5.74) is 3.25. The molecule has 2 aromatic heterocycles. The van der Waals surface area contributed by atoms with E-state index in [2.05, 4.69) is 49.9 Å². The van der Waals surface area contributed by atoms with Crippen molar-refractivity contribution in [2.24, 2.45) is 5.41 Å². The van der Waals surface area contributed by atoms with Crippen LogP contribution in [0.4, 0.5) is 10.1 Å². The number of pyridine rings is 1. The van der Waals surface area contributed by atoms with Crippen LogP contribution in [-0.4, -0.2) is 53.5 Å². The molecule has 8 nitrogen and oxygen atoms in total. The summed E-state index contributed by atoms with van der Waals surface area (Å²) in [4.78, 5) is 22.8. The largest absolute Gasteiger partial charge is 0.364 e. The number of rotatable bonds is 9. The quantitative estimate of drug-likeness (QED) is 0.209. The predicted octanol–water partition coefficient (Wildman–Crippen LogP) is 6.46. The molecule has 4 heterocycles. The van der Waals surface area contributed by atoms with E-state index < -0.39 is 26.3 Å². The molecular formula is C31H40FN5O3Si. The number of amides is 1. The maximum atomic E-state index is 15.4. The minimum absolute atomic E-state index is 0.0965. The molecule has 218 valence electrons. The summed E-state index contributed by atoms with van der Waals surface area (Å²) in [6.07, 6.45) is 8.87. The van der Waals surface area contributed by atoms with Gasteiger partial charge in [0.05, 0.1) is 17.5 Å². The van der Waals surface area contributed by atoms with Gasteiger partial charge in [0.25, 0.3) is 5.91 Å². The van der Waals surface area contributed by atoms with E-state index >= 15 is 4.39 Å². The van der Waals surface area contributed by atoms with Gasteiger partial charge in [0.15, 0.2) is 5.69 Å². The van der Waals surface area contributed by atoms with Gasteiger partial charge in [0, 0.05) is 32.5 Å². The molecule has 0 aromatic carbocycles. The molecule has 1 amide bonds. The van der Waals surface area contributed by atoms with Gasteiger partial charge in [-0.2, -0.15) is 5.26 Å². The molecule has 10 heteroatoms. The zero-order valence-corrected chi connectivity index (χ0v) is 25.6. The van der Waals surface area contributed by atoms with Gasteiger partial charge >= 0.3 is 0 Å². The highest BCUT2D eigenvalue weighted by atomic mass is 28.3. The summed E-state index contributed by atoms with van der Waals surface area (Å²) in [7, 11) is -1.27. The number of nitrogens with one attached hydrogen (secondary N) is 1. The van der Waals surface area contributed by atoms with Crippen molar-refractivity contribution in [1.82, 2.24) is 14.5 Å². The first-order valence-electron chi connectivity index (χ1n) is 14.5. The standard InChI is InChI=1S/C31H40FN5O3Si/c1-31(2)12-10-20(11-13-31)28-25(8-7-24(35-28)23-16-22-6-9-26(40-22)27(23)32)36-30(38)29-34-21(17-33)18-37(29)19-39-14-15-41(3,4)5/h6-10,18,22-23,26-27H,11-16,19H2,1-5H3,(H,36,38). The Hall–Kier alpha value is -3.13. The highest BCUT2D eigenvalue weighted by Gasteiger charge is 2.42. The van der Waals surface area contributed by atoms with Crippen LogP contribution in [0.15, 0.2) is 36.6 Å². The van der Waals surface area contributed by atoms with Gasteiger partial charge in [-0.1, -0.05) is 51.7 Å². The lowest BCUT2D eigenvalue weighted by Gasteiger charge is -2.32. The summed E-state index contributed by atoms with van der Waals surface area (Å²) in [5, 5.41) is 12.4. The maximum absolute atomic E-state index is 15.4. The van der Waals surface area contributed by atoms with Crippen LogP contribution in [0.1, 0.15) is 73.1 Å². The second kappa shape index (κ2) is 11.6. The Morgan fingerprint density at radius 3 is 2.80 bits per heavy atom. The zero-order valence-electron chi connectivity index (χ0n) is 24.6. The lowest BCUT2D eigenvalue weighted by atomic mass is 9.77. The lowest BCUT2D eigenvalue weighted by Crippen LogP contribution is -2.36. The van der Waals surface area contributed by atoms with Crippen molar-refractivity contribution in [1.29, 1.82) is 5.26 Å². The van der Waals surface area contributed by atoms with Gasteiger partial charge in [-0.05, 0) is 54.8 Å². The first-order valence-corrected chi connectivity index (χ1v) is 18.2. The van der Waals surface area contributed by atoms with Gasteiger partial charge in [0.1, 0.15) is 25.1 Å². The third-order valence-corrected chi connectivity index (χ3v) is 9.88. The number of halogens is 1. The lowest BCUT2D eigenvalue weighted by molar-refractivity contribution is -0.0433. The Balaban J connectivity index is 1.41. The monoisotopic (exact) mass is 577 g/mol. The van der Waals surface area contributed by atoms with Crippen molar-refractivity contribution in [2.45, 2.75) is 96.2 Å². The number of aromatic nitrogens is 3. The van der Waals surface area contributed by atoms with E-state index in [1.54, 1.807) is 10.6 Å². The van der Waals surface area contributed by atoms with E-state index in [9.17, 15) is 10.1 Å². The zero-order chi connectivity index (χ0) is 29.4. The Labute approximate surface area is 242 Å². The number of nitriles is 1. The van der Waals surface area contributed by atoms with Crippen LogP contribution < -0.4 is 5.32 Å². The fourth-order valence-corrected chi connectivity index (χ4v) is 6.28. The molecule has 2 bridgehead atoms.